The Balaban J connectivity index is 2.34. The van der Waals surface area contributed by atoms with E-state index in [1.165, 1.54) is 10.9 Å². The first kappa shape index (κ1) is 9.14. The fourth-order valence-electron chi connectivity index (χ4n) is 1.24. The van der Waals surface area contributed by atoms with E-state index in [4.69, 9.17) is 9.41 Å². The molecule has 4 nitrogen and oxygen atoms in total. The second-order valence-electron chi connectivity index (χ2n) is 3.16. The summed E-state index contributed by atoms with van der Waals surface area (Å²) >= 11 is 0. The van der Waals surface area contributed by atoms with E-state index in [1.807, 2.05) is 0 Å². The van der Waals surface area contributed by atoms with Crippen molar-refractivity contribution in [1.82, 2.24) is 0 Å². The Hall–Kier alpha value is -1.43. The lowest BCUT2D eigenvalue weighted by atomic mass is 9.77. The van der Waals surface area contributed by atoms with E-state index in [9.17, 15) is 9.11 Å². The smallest absolute Gasteiger partial charge is 0.513 e. The largest absolute Gasteiger partial charge is 0.591 e. The molecular formula is C8H9BFNO3. The van der Waals surface area contributed by atoms with Gasteiger partial charge in [-0.3, -0.25) is 0 Å². The summed E-state index contributed by atoms with van der Waals surface area (Å²) in [6.07, 6.45) is 1.54. The van der Waals surface area contributed by atoms with Gasteiger partial charge in [0.1, 0.15) is 0 Å². The van der Waals surface area contributed by atoms with Crippen LogP contribution in [0.5, 0.6) is 0 Å². The molecule has 0 bridgehead atoms. The van der Waals surface area contributed by atoms with E-state index < -0.39 is 12.5 Å². The minimum absolute atomic E-state index is 0.0386. The maximum atomic E-state index is 13.6. The third-order valence-corrected chi connectivity index (χ3v) is 2.08. The first-order valence-electron chi connectivity index (χ1n) is 4.28. The molecule has 0 spiro atoms. The molecule has 1 atom stereocenters. The Kier molecular flexibility index (Phi) is 2.00. The van der Waals surface area contributed by atoms with Gasteiger partial charge in [0.25, 0.3) is 0 Å². The van der Waals surface area contributed by atoms with Crippen LogP contribution < -0.4 is 9.49 Å². The van der Waals surface area contributed by atoms with E-state index in [-0.39, 0.29) is 6.61 Å². The van der Waals surface area contributed by atoms with Crippen molar-refractivity contribution in [3.05, 3.63) is 30.1 Å². The van der Waals surface area contributed by atoms with Gasteiger partial charge in [-0.15, -0.1) is 0 Å². The summed E-state index contributed by atoms with van der Waals surface area (Å²) in [6.45, 7) is -2.18. The minimum Gasteiger partial charge on any atom is -0.513 e. The lowest BCUT2D eigenvalue weighted by Gasteiger charge is -2.30. The predicted octanol–water partition coefficient (Wildman–Crippen LogP) is -0.0305. The molecule has 2 heterocycles. The molecule has 0 N–H and O–H groups in total. The average Bonchev–Trinajstić information content (AvgIpc) is 2.17. The molecule has 0 fully saturated rings. The zero-order valence-electron chi connectivity index (χ0n) is 7.64. The van der Waals surface area contributed by atoms with Crippen LogP contribution in [0.25, 0.3) is 0 Å². The fourth-order valence-corrected chi connectivity index (χ4v) is 1.24. The third-order valence-electron chi connectivity index (χ3n) is 2.08. The lowest BCUT2D eigenvalue weighted by Crippen LogP contribution is -2.67. The summed E-state index contributed by atoms with van der Waals surface area (Å²) in [6, 6.07) is 5.20. The van der Waals surface area contributed by atoms with Gasteiger partial charge < -0.3 is 18.5 Å². The van der Waals surface area contributed by atoms with Crippen LogP contribution in [0.3, 0.4) is 0 Å². The van der Waals surface area contributed by atoms with Crippen molar-refractivity contribution in [1.29, 1.82) is 0 Å². The van der Waals surface area contributed by atoms with Crippen molar-refractivity contribution >= 4 is 12.5 Å². The topological polar surface area (TPSA) is 39.4 Å². The molecule has 1 aliphatic heterocycles. The van der Waals surface area contributed by atoms with Gasteiger partial charge in [0.05, 0.1) is 12.3 Å². The Morgan fingerprint density at radius 2 is 2.43 bits per heavy atom. The molecule has 1 aliphatic rings. The molecule has 14 heavy (non-hydrogen) atoms. The predicted molar refractivity (Wildman–Crippen MR) is 45.5 cm³/mol. The first-order valence-corrected chi connectivity index (χ1v) is 4.28. The van der Waals surface area contributed by atoms with E-state index in [0.29, 0.717) is 5.69 Å². The molecule has 0 aromatic carbocycles. The second kappa shape index (κ2) is 3.06. The number of pyridine rings is 1. The SMILES string of the molecule is CC(=O)[B-]1(F)OCc2cccc[n+]2O1. The molecule has 1 unspecified atom stereocenters. The van der Waals surface area contributed by atoms with Gasteiger partial charge in [0, 0.05) is 12.1 Å². The summed E-state index contributed by atoms with van der Waals surface area (Å²) in [5, 5.41) is 0. The minimum atomic E-state index is -3.32. The number of aromatic nitrogens is 1. The summed E-state index contributed by atoms with van der Waals surface area (Å²) in [5.74, 6) is 0. The number of hydrogen-bond acceptors (Lipinski definition) is 3. The summed E-state index contributed by atoms with van der Waals surface area (Å²) in [4.78, 5) is 10.9. The quantitative estimate of drug-likeness (QED) is 0.468. The molecular weight excluding hydrogens is 188 g/mol. The standard InChI is InChI=1S/C8H9BFNO3/c1-7(12)9(10)13-6-8-4-2-3-5-11(8)14-9/h2-5H,6H2,1H3. The van der Waals surface area contributed by atoms with Crippen molar-refractivity contribution in [2.24, 2.45) is 0 Å². The Morgan fingerprint density at radius 3 is 3.14 bits per heavy atom. The monoisotopic (exact) mass is 197 g/mol. The molecule has 1 aromatic heterocycles. The van der Waals surface area contributed by atoms with Crippen molar-refractivity contribution < 1.29 is 23.3 Å². The molecule has 0 aliphatic carbocycles. The van der Waals surface area contributed by atoms with E-state index in [0.717, 1.165) is 6.92 Å². The highest BCUT2D eigenvalue weighted by molar-refractivity contribution is 6.91. The van der Waals surface area contributed by atoms with Crippen molar-refractivity contribution in [3.8, 4) is 0 Å². The number of carbonyl (C=O) groups is 1. The van der Waals surface area contributed by atoms with Crippen LogP contribution in [0.15, 0.2) is 24.4 Å². The van der Waals surface area contributed by atoms with Crippen LogP contribution in [-0.2, 0) is 16.1 Å². The van der Waals surface area contributed by atoms with E-state index in [2.05, 4.69) is 0 Å². The number of carbonyl (C=O) groups excluding carboxylic acids is 1. The summed E-state index contributed by atoms with van der Waals surface area (Å²) in [5.41, 5.74) is -0.0732. The van der Waals surface area contributed by atoms with Crippen molar-refractivity contribution in [2.45, 2.75) is 13.5 Å². The normalized spacial score (nSPS) is 25.0. The van der Waals surface area contributed by atoms with Crippen LogP contribution in [0.1, 0.15) is 12.6 Å². The maximum Gasteiger partial charge on any atom is 0.591 e. The highest BCUT2D eigenvalue weighted by atomic mass is 19.1. The lowest BCUT2D eigenvalue weighted by molar-refractivity contribution is -0.878. The van der Waals surface area contributed by atoms with Gasteiger partial charge in [-0.2, -0.15) is 0 Å². The van der Waals surface area contributed by atoms with Gasteiger partial charge in [0.2, 0.25) is 11.9 Å². The fraction of sp³-hybridized carbons (Fsp3) is 0.250. The van der Waals surface area contributed by atoms with Crippen LogP contribution in [0, 0.1) is 0 Å². The number of rotatable bonds is 1. The van der Waals surface area contributed by atoms with Crippen LogP contribution in [0.2, 0.25) is 0 Å². The van der Waals surface area contributed by atoms with Crippen molar-refractivity contribution in [2.75, 3.05) is 0 Å². The Labute approximate surface area is 80.2 Å². The third kappa shape index (κ3) is 1.37. The molecule has 2 rings (SSSR count). The molecule has 6 heteroatoms. The molecule has 0 radical (unpaired) electrons. The second-order valence-corrected chi connectivity index (χ2v) is 3.16. The molecule has 0 saturated carbocycles. The van der Waals surface area contributed by atoms with Gasteiger partial charge in [-0.25, -0.2) is 0 Å². The zero-order valence-corrected chi connectivity index (χ0v) is 7.64. The van der Waals surface area contributed by atoms with E-state index in [1.54, 1.807) is 18.2 Å². The summed E-state index contributed by atoms with van der Waals surface area (Å²) in [7, 11) is 0. The van der Waals surface area contributed by atoms with Crippen molar-refractivity contribution in [3.63, 3.8) is 0 Å². The Bertz CT molecular complexity index is 387. The number of fused-ring (bicyclic) bond motifs is 1. The van der Waals surface area contributed by atoms with Gasteiger partial charge in [0.15, 0.2) is 0 Å². The maximum absolute atomic E-state index is 13.6. The first-order chi connectivity index (χ1) is 6.62. The van der Waals surface area contributed by atoms with Crippen LogP contribution >= 0.6 is 0 Å². The van der Waals surface area contributed by atoms with Gasteiger partial charge >= 0.3 is 6.83 Å². The average molecular weight is 197 g/mol. The number of nitrogens with zero attached hydrogens (tertiary/aromatic N) is 1. The highest BCUT2D eigenvalue weighted by Gasteiger charge is 2.44. The van der Waals surface area contributed by atoms with E-state index >= 15 is 0 Å². The Morgan fingerprint density at radius 1 is 1.64 bits per heavy atom. The molecule has 0 saturated heterocycles. The van der Waals surface area contributed by atoms with Crippen LogP contribution in [0.4, 0.5) is 4.32 Å². The highest BCUT2D eigenvalue weighted by Crippen LogP contribution is 2.12. The number of hydrogen-bond donors (Lipinski definition) is 0. The van der Waals surface area contributed by atoms with Gasteiger partial charge in [-0.05, 0) is 17.7 Å². The number of halogens is 1. The van der Waals surface area contributed by atoms with Gasteiger partial charge in [-0.1, -0.05) is 0 Å². The summed E-state index contributed by atoms with van der Waals surface area (Å²) < 4.78 is 24.4. The molecule has 0 amide bonds. The zero-order chi connectivity index (χ0) is 10.2. The molecule has 74 valence electrons. The molecule has 1 aromatic rings. The van der Waals surface area contributed by atoms with Crippen LogP contribution in [-0.4, -0.2) is 12.5 Å².